The van der Waals surface area contributed by atoms with Gasteiger partial charge in [0, 0.05) is 5.92 Å². The molecule has 0 saturated carbocycles. The zero-order chi connectivity index (χ0) is 13.1. The molecule has 0 spiro atoms. The Kier molecular flexibility index (Phi) is 4.23. The lowest BCUT2D eigenvalue weighted by Crippen LogP contribution is -2.41. The van der Waals surface area contributed by atoms with E-state index in [-0.39, 0.29) is 12.4 Å². The lowest BCUT2D eigenvalue weighted by atomic mass is 9.85. The first-order valence-electron chi connectivity index (χ1n) is 5.54. The molecule has 0 aliphatic rings. The van der Waals surface area contributed by atoms with Crippen LogP contribution in [0.4, 0.5) is 4.39 Å². The number of carbonyl (C=O) groups excluding carboxylic acids is 1. The first kappa shape index (κ1) is 13.6. The summed E-state index contributed by atoms with van der Waals surface area (Å²) >= 11 is 0. The van der Waals surface area contributed by atoms with Crippen molar-refractivity contribution in [2.45, 2.75) is 32.3 Å². The Balaban J connectivity index is 2.91. The molecule has 0 amide bonds. The number of esters is 1. The molecule has 2 atom stereocenters. The summed E-state index contributed by atoms with van der Waals surface area (Å²) in [5.41, 5.74) is -0.933. The summed E-state index contributed by atoms with van der Waals surface area (Å²) < 4.78 is 17.6. The quantitative estimate of drug-likeness (QED) is 0.821. The molecular formula is C13H17FO3. The topological polar surface area (TPSA) is 46.5 Å². The Bertz CT molecular complexity index is 384. The maximum Gasteiger partial charge on any atom is 0.338 e. The van der Waals surface area contributed by atoms with E-state index in [9.17, 15) is 14.3 Å². The standard InChI is InChI=1S/C13H17FO3/c1-4-17-12(15)13(3,16)9(2)10-5-7-11(14)8-6-10/h5-9,16H,4H2,1-3H3. The molecular weight excluding hydrogens is 223 g/mol. The van der Waals surface area contributed by atoms with Crippen molar-refractivity contribution in [1.82, 2.24) is 0 Å². The highest BCUT2D eigenvalue weighted by Crippen LogP contribution is 2.29. The van der Waals surface area contributed by atoms with E-state index in [1.54, 1.807) is 26.0 Å². The number of hydrogen-bond acceptors (Lipinski definition) is 3. The predicted octanol–water partition coefficient (Wildman–Crippen LogP) is 2.24. The normalized spacial score (nSPS) is 16.1. The van der Waals surface area contributed by atoms with E-state index in [2.05, 4.69) is 0 Å². The van der Waals surface area contributed by atoms with Crippen LogP contribution in [0.5, 0.6) is 0 Å². The molecule has 0 saturated heterocycles. The van der Waals surface area contributed by atoms with E-state index in [1.165, 1.54) is 19.1 Å². The second-order valence-corrected chi connectivity index (χ2v) is 4.14. The van der Waals surface area contributed by atoms with Crippen molar-refractivity contribution in [2.75, 3.05) is 6.61 Å². The molecule has 0 aliphatic heterocycles. The Labute approximate surface area is 100 Å². The van der Waals surface area contributed by atoms with Gasteiger partial charge in [0.15, 0.2) is 5.60 Å². The molecule has 1 aromatic rings. The van der Waals surface area contributed by atoms with Crippen LogP contribution in [0.1, 0.15) is 32.3 Å². The van der Waals surface area contributed by atoms with E-state index in [0.29, 0.717) is 5.56 Å². The SMILES string of the molecule is CCOC(=O)C(C)(O)C(C)c1ccc(F)cc1. The van der Waals surface area contributed by atoms with E-state index >= 15 is 0 Å². The molecule has 0 radical (unpaired) electrons. The van der Waals surface area contributed by atoms with E-state index in [4.69, 9.17) is 4.74 Å². The number of hydrogen-bond donors (Lipinski definition) is 1. The molecule has 1 N–H and O–H groups in total. The van der Waals surface area contributed by atoms with E-state index in [0.717, 1.165) is 0 Å². The largest absolute Gasteiger partial charge is 0.464 e. The molecule has 1 rings (SSSR count). The zero-order valence-electron chi connectivity index (χ0n) is 10.2. The monoisotopic (exact) mass is 240 g/mol. The highest BCUT2D eigenvalue weighted by atomic mass is 19.1. The Morgan fingerprint density at radius 3 is 2.47 bits per heavy atom. The van der Waals surface area contributed by atoms with Crippen molar-refractivity contribution in [2.24, 2.45) is 0 Å². The fourth-order valence-electron chi connectivity index (χ4n) is 1.53. The van der Waals surface area contributed by atoms with Crippen LogP contribution in [0, 0.1) is 5.82 Å². The summed E-state index contributed by atoms with van der Waals surface area (Å²) in [6, 6.07) is 5.70. The third-order valence-electron chi connectivity index (χ3n) is 2.90. The maximum atomic E-state index is 12.8. The van der Waals surface area contributed by atoms with Gasteiger partial charge in [-0.05, 0) is 31.5 Å². The van der Waals surface area contributed by atoms with Crippen LogP contribution in [0.3, 0.4) is 0 Å². The highest BCUT2D eigenvalue weighted by molar-refractivity contribution is 5.80. The predicted molar refractivity (Wildman–Crippen MR) is 62.1 cm³/mol. The van der Waals surface area contributed by atoms with Gasteiger partial charge in [0.25, 0.3) is 0 Å². The average Bonchev–Trinajstić information content (AvgIpc) is 2.29. The molecule has 17 heavy (non-hydrogen) atoms. The first-order chi connectivity index (χ1) is 7.89. The van der Waals surface area contributed by atoms with Gasteiger partial charge in [-0.15, -0.1) is 0 Å². The van der Waals surface area contributed by atoms with Crippen LogP contribution in [0.25, 0.3) is 0 Å². The van der Waals surface area contributed by atoms with Crippen molar-refractivity contribution in [1.29, 1.82) is 0 Å². The second kappa shape index (κ2) is 5.27. The molecule has 94 valence electrons. The number of halogens is 1. The van der Waals surface area contributed by atoms with Crippen molar-refractivity contribution in [3.63, 3.8) is 0 Å². The molecule has 0 aromatic heterocycles. The van der Waals surface area contributed by atoms with Crippen molar-refractivity contribution in [3.8, 4) is 0 Å². The molecule has 0 heterocycles. The van der Waals surface area contributed by atoms with Crippen molar-refractivity contribution < 1.29 is 19.0 Å². The molecule has 3 nitrogen and oxygen atoms in total. The van der Waals surface area contributed by atoms with Gasteiger partial charge >= 0.3 is 5.97 Å². The number of aliphatic hydroxyl groups is 1. The Morgan fingerprint density at radius 2 is 2.00 bits per heavy atom. The fourth-order valence-corrected chi connectivity index (χ4v) is 1.53. The van der Waals surface area contributed by atoms with Gasteiger partial charge in [-0.1, -0.05) is 19.1 Å². The number of benzene rings is 1. The summed E-state index contributed by atoms with van der Waals surface area (Å²) in [6.45, 7) is 4.99. The molecule has 0 fully saturated rings. The van der Waals surface area contributed by atoms with E-state index < -0.39 is 17.5 Å². The summed E-state index contributed by atoms with van der Waals surface area (Å²) in [7, 11) is 0. The fraction of sp³-hybridized carbons (Fsp3) is 0.462. The molecule has 4 heteroatoms. The third kappa shape index (κ3) is 3.03. The average molecular weight is 240 g/mol. The number of ether oxygens (including phenoxy) is 1. The van der Waals surface area contributed by atoms with Crippen molar-refractivity contribution >= 4 is 5.97 Å². The van der Waals surface area contributed by atoms with Gasteiger partial charge in [-0.3, -0.25) is 0 Å². The molecule has 2 unspecified atom stereocenters. The third-order valence-corrected chi connectivity index (χ3v) is 2.90. The van der Waals surface area contributed by atoms with Gasteiger partial charge < -0.3 is 9.84 Å². The van der Waals surface area contributed by atoms with Crippen molar-refractivity contribution in [3.05, 3.63) is 35.6 Å². The first-order valence-corrected chi connectivity index (χ1v) is 5.54. The number of carbonyl (C=O) groups is 1. The van der Waals surface area contributed by atoms with Crippen LogP contribution in [-0.2, 0) is 9.53 Å². The van der Waals surface area contributed by atoms with Gasteiger partial charge in [0.05, 0.1) is 6.61 Å². The summed E-state index contributed by atoms with van der Waals surface area (Å²) in [5, 5.41) is 10.1. The van der Waals surface area contributed by atoms with E-state index in [1.807, 2.05) is 0 Å². The smallest absolute Gasteiger partial charge is 0.338 e. The molecule has 1 aromatic carbocycles. The Hall–Kier alpha value is -1.42. The minimum Gasteiger partial charge on any atom is -0.464 e. The number of rotatable bonds is 4. The molecule has 0 aliphatic carbocycles. The summed E-state index contributed by atoms with van der Waals surface area (Å²) in [6.07, 6.45) is 0. The van der Waals surface area contributed by atoms with Crippen LogP contribution in [0.2, 0.25) is 0 Å². The summed E-state index contributed by atoms with van der Waals surface area (Å²) in [5.74, 6) is -1.49. The van der Waals surface area contributed by atoms with Crippen LogP contribution >= 0.6 is 0 Å². The van der Waals surface area contributed by atoms with Crippen LogP contribution in [0.15, 0.2) is 24.3 Å². The minimum atomic E-state index is -1.62. The minimum absolute atomic E-state index is 0.213. The van der Waals surface area contributed by atoms with Crippen LogP contribution < -0.4 is 0 Å². The highest BCUT2D eigenvalue weighted by Gasteiger charge is 2.38. The summed E-state index contributed by atoms with van der Waals surface area (Å²) in [4.78, 5) is 11.6. The zero-order valence-corrected chi connectivity index (χ0v) is 10.2. The van der Waals surface area contributed by atoms with Gasteiger partial charge in [0.2, 0.25) is 0 Å². The maximum absolute atomic E-state index is 12.8. The van der Waals surface area contributed by atoms with Gasteiger partial charge in [-0.2, -0.15) is 0 Å². The lowest BCUT2D eigenvalue weighted by Gasteiger charge is -2.28. The van der Waals surface area contributed by atoms with Gasteiger partial charge in [0.1, 0.15) is 5.82 Å². The van der Waals surface area contributed by atoms with Crippen LogP contribution in [-0.4, -0.2) is 23.3 Å². The van der Waals surface area contributed by atoms with Gasteiger partial charge in [-0.25, -0.2) is 9.18 Å². The Morgan fingerprint density at radius 1 is 1.47 bits per heavy atom. The lowest BCUT2D eigenvalue weighted by molar-refractivity contribution is -0.165. The molecule has 0 bridgehead atoms. The second-order valence-electron chi connectivity index (χ2n) is 4.14.